The Kier molecular flexibility index (Phi) is 10.8. The van der Waals surface area contributed by atoms with Crippen LogP contribution in [0.3, 0.4) is 0 Å². The van der Waals surface area contributed by atoms with Crippen molar-refractivity contribution in [2.24, 2.45) is 5.73 Å². The van der Waals surface area contributed by atoms with Crippen molar-refractivity contribution in [3.63, 3.8) is 0 Å². The Bertz CT molecular complexity index is 804. The molecule has 0 aromatic heterocycles. The van der Waals surface area contributed by atoms with Crippen LogP contribution in [0.5, 0.6) is 0 Å². The highest BCUT2D eigenvalue weighted by Gasteiger charge is 2.58. The van der Waals surface area contributed by atoms with Crippen LogP contribution in [0.1, 0.15) is 6.42 Å². The van der Waals surface area contributed by atoms with Crippen molar-refractivity contribution < 1.29 is 85.3 Å². The molecule has 0 bridgehead atoms. The quantitative estimate of drug-likeness (QED) is 0.0844. The number of hydrogen-bond acceptors (Lipinski definition) is 12. The van der Waals surface area contributed by atoms with Gasteiger partial charge in [-0.15, -0.1) is 0 Å². The van der Waals surface area contributed by atoms with Crippen molar-refractivity contribution in [1.29, 1.82) is 0 Å². The predicted octanol–water partition coefficient (Wildman–Crippen LogP) is -2.99. The third-order valence-corrected chi connectivity index (χ3v) is 6.20. The highest BCUT2D eigenvalue weighted by molar-refractivity contribution is 7.47. The van der Waals surface area contributed by atoms with Crippen LogP contribution < -0.4 is 5.73 Å². The van der Waals surface area contributed by atoms with E-state index in [4.69, 9.17) is 35.1 Å². The Labute approximate surface area is 179 Å². The number of phosphoric acid groups is 4. The zero-order chi connectivity index (χ0) is 25.1. The summed E-state index contributed by atoms with van der Waals surface area (Å²) in [5, 5.41) is 20.7. The van der Waals surface area contributed by atoms with Crippen LogP contribution in [0.25, 0.3) is 0 Å². The van der Waals surface area contributed by atoms with Gasteiger partial charge in [-0.1, -0.05) is 0 Å². The summed E-state index contributed by atoms with van der Waals surface area (Å²) in [6.07, 6.45) is -15.5. The van der Waals surface area contributed by atoms with Crippen molar-refractivity contribution in [2.45, 2.75) is 43.0 Å². The molecule has 0 radical (unpaired) electrons. The molecule has 7 atom stereocenters. The average molecular weight is 557 g/mol. The molecule has 1 aliphatic carbocycles. The molecule has 11 N–H and O–H groups in total. The van der Waals surface area contributed by atoms with E-state index in [0.29, 0.717) is 0 Å². The zero-order valence-corrected chi connectivity index (χ0v) is 19.2. The molecular formula is C9H23NO18P4. The number of hydrogen-bond donors (Lipinski definition) is 10. The summed E-state index contributed by atoms with van der Waals surface area (Å²) in [6, 6.07) is 0. The zero-order valence-electron chi connectivity index (χ0n) is 15.7. The largest absolute Gasteiger partial charge is 0.472 e. The highest BCUT2D eigenvalue weighted by atomic mass is 31.2. The molecule has 1 aliphatic rings. The lowest BCUT2D eigenvalue weighted by Gasteiger charge is -2.45. The van der Waals surface area contributed by atoms with Crippen LogP contribution in [0.4, 0.5) is 0 Å². The normalized spacial score (nSPS) is 31.9. The number of rotatable bonds is 12. The highest BCUT2D eigenvalue weighted by Crippen LogP contribution is 2.53. The maximum absolute atomic E-state index is 12.1. The molecular weight excluding hydrogens is 534 g/mol. The number of aliphatic hydroxyl groups excluding tert-OH is 2. The van der Waals surface area contributed by atoms with E-state index in [1.54, 1.807) is 0 Å². The fourth-order valence-corrected chi connectivity index (χ4v) is 5.22. The minimum atomic E-state index is -5.59. The summed E-state index contributed by atoms with van der Waals surface area (Å²) >= 11 is 0. The molecule has 0 aromatic carbocycles. The van der Waals surface area contributed by atoms with Gasteiger partial charge in [-0.2, -0.15) is 0 Å². The van der Waals surface area contributed by atoms with Gasteiger partial charge in [0.05, 0.1) is 6.61 Å². The van der Waals surface area contributed by atoms with Crippen LogP contribution >= 0.6 is 31.3 Å². The van der Waals surface area contributed by atoms with E-state index in [-0.39, 0.29) is 13.0 Å². The van der Waals surface area contributed by atoms with Crippen molar-refractivity contribution in [1.82, 2.24) is 0 Å². The molecule has 1 fully saturated rings. The third kappa shape index (κ3) is 10.3. The fraction of sp³-hybridized carbons (Fsp3) is 1.00. The Morgan fingerprint density at radius 2 is 0.938 bits per heavy atom. The minimum absolute atomic E-state index is 0.00824. The lowest BCUT2D eigenvalue weighted by Crippen LogP contribution is -2.65. The first-order valence-corrected chi connectivity index (χ1v) is 14.3. The van der Waals surface area contributed by atoms with Gasteiger partial charge >= 0.3 is 31.3 Å². The van der Waals surface area contributed by atoms with Crippen LogP contribution in [-0.2, 0) is 40.9 Å². The van der Waals surface area contributed by atoms with Crippen LogP contribution in [0.2, 0.25) is 0 Å². The Morgan fingerprint density at radius 1 is 0.625 bits per heavy atom. The van der Waals surface area contributed by atoms with Crippen molar-refractivity contribution >= 4 is 31.3 Å². The van der Waals surface area contributed by atoms with Crippen LogP contribution in [-0.4, -0.2) is 94.2 Å². The molecule has 1 saturated carbocycles. The molecule has 19 nitrogen and oxygen atoms in total. The summed E-state index contributed by atoms with van der Waals surface area (Å²) in [6.45, 7) is -0.472. The molecule has 1 unspecified atom stereocenters. The van der Waals surface area contributed by atoms with Crippen LogP contribution in [0, 0.1) is 0 Å². The first kappa shape index (κ1) is 30.4. The Hall–Kier alpha value is 0.320. The molecule has 0 saturated heterocycles. The summed E-state index contributed by atoms with van der Waals surface area (Å²) in [7, 11) is -22.0. The molecule has 0 heterocycles. The van der Waals surface area contributed by atoms with E-state index in [0.717, 1.165) is 0 Å². The summed E-state index contributed by atoms with van der Waals surface area (Å²) < 4.78 is 67.4. The maximum atomic E-state index is 12.1. The van der Waals surface area contributed by atoms with Gasteiger partial charge in [0.1, 0.15) is 36.6 Å². The van der Waals surface area contributed by atoms with Gasteiger partial charge in [-0.05, 0) is 13.0 Å². The third-order valence-electron chi connectivity index (χ3n) is 3.63. The van der Waals surface area contributed by atoms with Gasteiger partial charge in [-0.3, -0.25) is 22.6 Å². The van der Waals surface area contributed by atoms with Gasteiger partial charge in [0.2, 0.25) is 0 Å². The molecule has 32 heavy (non-hydrogen) atoms. The van der Waals surface area contributed by atoms with E-state index in [1.165, 1.54) is 0 Å². The van der Waals surface area contributed by atoms with E-state index in [1.807, 2.05) is 0 Å². The van der Waals surface area contributed by atoms with Gasteiger partial charge in [0, 0.05) is 0 Å². The minimum Gasteiger partial charge on any atom is -0.387 e. The Balaban J connectivity index is 3.42. The molecule has 0 aromatic rings. The Morgan fingerprint density at radius 3 is 1.22 bits per heavy atom. The van der Waals surface area contributed by atoms with Crippen molar-refractivity contribution in [3.05, 3.63) is 0 Å². The van der Waals surface area contributed by atoms with Gasteiger partial charge in [0.25, 0.3) is 0 Å². The standard InChI is InChI=1S/C9H23NO18P4/c10-2-1-3-24-32(22,23)28-9-5(12)7(26-30(16,17)18)6(25-29(13,14)15)4(11)8(9)27-31(19,20)21/h4-9,11-12H,1-3,10H2,(H,22,23)(H2,13,14,15)(H2,16,17,18)(H2,19,20,21)/t4-,5-,6+,7+,8-,9+/m0/s1. The van der Waals surface area contributed by atoms with Gasteiger partial charge in [-0.25, -0.2) is 18.3 Å². The second-order valence-electron chi connectivity index (χ2n) is 6.18. The summed E-state index contributed by atoms with van der Waals surface area (Å²) in [5.74, 6) is 0. The van der Waals surface area contributed by atoms with Gasteiger partial charge in [0.15, 0.2) is 0 Å². The van der Waals surface area contributed by atoms with E-state index >= 15 is 0 Å². The lowest BCUT2D eigenvalue weighted by atomic mass is 9.85. The van der Waals surface area contributed by atoms with E-state index in [9.17, 15) is 33.4 Å². The van der Waals surface area contributed by atoms with Crippen molar-refractivity contribution in [2.75, 3.05) is 13.2 Å². The number of aliphatic hydroxyl groups is 2. The molecule has 0 aliphatic heterocycles. The number of nitrogens with two attached hydrogens (primary N) is 1. The molecule has 0 amide bonds. The molecule has 192 valence electrons. The fourth-order valence-electron chi connectivity index (χ4n) is 2.56. The van der Waals surface area contributed by atoms with Crippen molar-refractivity contribution in [3.8, 4) is 0 Å². The van der Waals surface area contributed by atoms with Crippen LogP contribution in [0.15, 0.2) is 0 Å². The smallest absolute Gasteiger partial charge is 0.387 e. The maximum Gasteiger partial charge on any atom is 0.472 e. The topological polar surface area (TPSA) is 323 Å². The monoisotopic (exact) mass is 557 g/mol. The molecule has 1 rings (SSSR count). The first-order chi connectivity index (χ1) is 14.3. The first-order valence-electron chi connectivity index (χ1n) is 8.20. The predicted molar refractivity (Wildman–Crippen MR) is 97.1 cm³/mol. The summed E-state index contributed by atoms with van der Waals surface area (Å²) in [4.78, 5) is 63.9. The molecule has 23 heteroatoms. The van der Waals surface area contributed by atoms with E-state index in [2.05, 4.69) is 22.6 Å². The van der Waals surface area contributed by atoms with Gasteiger partial charge < -0.3 is 50.2 Å². The summed E-state index contributed by atoms with van der Waals surface area (Å²) in [5.41, 5.74) is 5.18. The lowest BCUT2D eigenvalue weighted by molar-refractivity contribution is -0.209. The average Bonchev–Trinajstić information content (AvgIpc) is 2.56. The molecule has 0 spiro atoms. The SMILES string of the molecule is NCCCOP(=O)(O)O[C@@H]1[C@@H](O)[C@@H](OP(=O)(O)O)[C@H](OP(=O)(O)O)[C@H](O)[C@@H]1OP(=O)(O)O. The second kappa shape index (κ2) is 11.4. The number of phosphoric ester groups is 4. The second-order valence-corrected chi connectivity index (χ2v) is 11.2. The van der Waals surface area contributed by atoms with E-state index < -0.39 is 74.5 Å².